The van der Waals surface area contributed by atoms with E-state index in [9.17, 15) is 26.3 Å². The summed E-state index contributed by atoms with van der Waals surface area (Å²) >= 11 is 0. The Hall–Kier alpha value is -2.25. The Kier molecular flexibility index (Phi) is 3.32. The van der Waals surface area contributed by atoms with Gasteiger partial charge in [-0.3, -0.25) is 0 Å². The maximum atomic E-state index is 13.2. The molecule has 0 amide bonds. The molecule has 0 saturated carbocycles. The van der Waals surface area contributed by atoms with Gasteiger partial charge in [0.05, 0.1) is 0 Å². The van der Waals surface area contributed by atoms with Crippen molar-refractivity contribution in [3.63, 3.8) is 0 Å². The SMILES string of the molecule is Fc1ccc(Oc2c(F)c(F)nc(F)c2F)c(F)c1. The molecule has 100 valence electrons. The van der Waals surface area contributed by atoms with E-state index in [0.29, 0.717) is 12.1 Å². The monoisotopic (exact) mass is 279 g/mol. The molecule has 8 heteroatoms. The molecule has 1 heterocycles. The fraction of sp³-hybridized carbons (Fsp3) is 0. The number of nitrogens with zero attached hydrogens (tertiary/aromatic N) is 1. The highest BCUT2D eigenvalue weighted by Crippen LogP contribution is 2.31. The zero-order valence-corrected chi connectivity index (χ0v) is 8.86. The van der Waals surface area contributed by atoms with Crippen LogP contribution in [0, 0.1) is 35.2 Å². The first-order chi connectivity index (χ1) is 8.90. The second kappa shape index (κ2) is 4.79. The molecule has 0 saturated heterocycles. The van der Waals surface area contributed by atoms with E-state index in [4.69, 9.17) is 0 Å². The lowest BCUT2D eigenvalue weighted by Gasteiger charge is -2.09. The van der Waals surface area contributed by atoms with E-state index in [-0.39, 0.29) is 0 Å². The van der Waals surface area contributed by atoms with E-state index in [2.05, 4.69) is 9.72 Å². The largest absolute Gasteiger partial charge is 0.448 e. The summed E-state index contributed by atoms with van der Waals surface area (Å²) in [5.74, 6) is -12.3. The predicted molar refractivity (Wildman–Crippen MR) is 50.5 cm³/mol. The number of rotatable bonds is 2. The summed E-state index contributed by atoms with van der Waals surface area (Å²) in [7, 11) is 0. The minimum absolute atomic E-state index is 0.374. The van der Waals surface area contributed by atoms with E-state index in [1.807, 2.05) is 0 Å². The molecular weight excluding hydrogens is 276 g/mol. The Morgan fingerprint density at radius 2 is 1.42 bits per heavy atom. The average Bonchev–Trinajstić information content (AvgIpc) is 2.34. The van der Waals surface area contributed by atoms with Crippen LogP contribution < -0.4 is 4.74 Å². The van der Waals surface area contributed by atoms with Crippen LogP contribution in [0.1, 0.15) is 0 Å². The molecule has 0 N–H and O–H groups in total. The number of halogens is 6. The van der Waals surface area contributed by atoms with E-state index >= 15 is 0 Å². The first kappa shape index (κ1) is 13.2. The topological polar surface area (TPSA) is 22.1 Å². The Bertz CT molecular complexity index is 619. The van der Waals surface area contributed by atoms with Gasteiger partial charge in [0.15, 0.2) is 11.6 Å². The van der Waals surface area contributed by atoms with Crippen LogP contribution in [-0.2, 0) is 0 Å². The minimum Gasteiger partial charge on any atom is -0.448 e. The van der Waals surface area contributed by atoms with Gasteiger partial charge in [0.1, 0.15) is 5.82 Å². The van der Waals surface area contributed by atoms with Crippen LogP contribution in [0.5, 0.6) is 11.5 Å². The molecule has 0 unspecified atom stereocenters. The van der Waals surface area contributed by atoms with Gasteiger partial charge < -0.3 is 4.74 Å². The zero-order valence-electron chi connectivity index (χ0n) is 8.86. The highest BCUT2D eigenvalue weighted by atomic mass is 19.2. The van der Waals surface area contributed by atoms with Crippen molar-refractivity contribution in [3.8, 4) is 11.5 Å². The number of hydrogen-bond acceptors (Lipinski definition) is 2. The fourth-order valence-electron chi connectivity index (χ4n) is 1.23. The molecule has 1 aromatic carbocycles. The lowest BCUT2D eigenvalue weighted by atomic mass is 10.3. The van der Waals surface area contributed by atoms with Gasteiger partial charge in [0.2, 0.25) is 17.4 Å². The van der Waals surface area contributed by atoms with E-state index in [0.717, 1.165) is 6.07 Å². The number of ether oxygens (including phenoxy) is 1. The number of pyridine rings is 1. The lowest BCUT2D eigenvalue weighted by Crippen LogP contribution is -2.03. The summed E-state index contributed by atoms with van der Waals surface area (Å²) in [6.07, 6.45) is 0. The molecule has 0 spiro atoms. The van der Waals surface area contributed by atoms with Gasteiger partial charge in [-0.05, 0) is 12.1 Å². The summed E-state index contributed by atoms with van der Waals surface area (Å²) in [5.41, 5.74) is 0. The summed E-state index contributed by atoms with van der Waals surface area (Å²) < 4.78 is 82.0. The highest BCUT2D eigenvalue weighted by molar-refractivity contribution is 5.33. The van der Waals surface area contributed by atoms with Crippen molar-refractivity contribution < 1.29 is 31.1 Å². The van der Waals surface area contributed by atoms with E-state index in [1.54, 1.807) is 0 Å². The van der Waals surface area contributed by atoms with E-state index in [1.165, 1.54) is 0 Å². The Balaban J connectivity index is 2.49. The smallest absolute Gasteiger partial charge is 0.255 e. The molecule has 19 heavy (non-hydrogen) atoms. The number of hydrogen-bond donors (Lipinski definition) is 0. The van der Waals surface area contributed by atoms with Crippen LogP contribution in [0.3, 0.4) is 0 Å². The zero-order chi connectivity index (χ0) is 14.2. The first-order valence-electron chi connectivity index (χ1n) is 4.73. The number of benzene rings is 1. The van der Waals surface area contributed by atoms with Crippen molar-refractivity contribution in [3.05, 3.63) is 53.4 Å². The van der Waals surface area contributed by atoms with Crippen molar-refractivity contribution in [2.24, 2.45) is 0 Å². The predicted octanol–water partition coefficient (Wildman–Crippen LogP) is 3.71. The first-order valence-corrected chi connectivity index (χ1v) is 4.73. The maximum absolute atomic E-state index is 13.2. The third-order valence-electron chi connectivity index (χ3n) is 2.06. The van der Waals surface area contributed by atoms with Gasteiger partial charge in [-0.15, -0.1) is 0 Å². The summed E-state index contributed by atoms with van der Waals surface area (Å²) in [4.78, 5) is 2.29. The van der Waals surface area contributed by atoms with Gasteiger partial charge in [0.25, 0.3) is 11.9 Å². The van der Waals surface area contributed by atoms with Crippen LogP contribution in [0.4, 0.5) is 26.3 Å². The summed E-state index contributed by atoms with van der Waals surface area (Å²) in [6, 6.07) is 1.82. The van der Waals surface area contributed by atoms with Crippen LogP contribution in [-0.4, -0.2) is 4.98 Å². The third kappa shape index (κ3) is 2.47. The van der Waals surface area contributed by atoms with E-state index < -0.39 is 46.7 Å². The maximum Gasteiger partial charge on any atom is 0.255 e. The molecule has 2 nitrogen and oxygen atoms in total. The van der Waals surface area contributed by atoms with Crippen molar-refractivity contribution in [2.75, 3.05) is 0 Å². The Morgan fingerprint density at radius 1 is 0.842 bits per heavy atom. The van der Waals surface area contributed by atoms with Gasteiger partial charge in [0, 0.05) is 6.07 Å². The molecule has 0 fully saturated rings. The molecule has 0 aliphatic carbocycles. The van der Waals surface area contributed by atoms with Crippen LogP contribution in [0.25, 0.3) is 0 Å². The summed E-state index contributed by atoms with van der Waals surface area (Å²) in [6.45, 7) is 0. The number of aromatic nitrogens is 1. The second-order valence-corrected chi connectivity index (χ2v) is 3.33. The van der Waals surface area contributed by atoms with Gasteiger partial charge in [-0.2, -0.15) is 22.5 Å². The van der Waals surface area contributed by atoms with Crippen LogP contribution in [0.2, 0.25) is 0 Å². The quantitative estimate of drug-likeness (QED) is 0.617. The Labute approximate surface area is 102 Å². The molecule has 0 radical (unpaired) electrons. The van der Waals surface area contributed by atoms with Crippen LogP contribution >= 0.6 is 0 Å². The molecule has 0 atom stereocenters. The van der Waals surface area contributed by atoms with Crippen molar-refractivity contribution >= 4 is 0 Å². The van der Waals surface area contributed by atoms with Crippen LogP contribution in [0.15, 0.2) is 18.2 Å². The average molecular weight is 279 g/mol. The molecule has 2 rings (SSSR count). The Morgan fingerprint density at radius 3 is 1.95 bits per heavy atom. The van der Waals surface area contributed by atoms with Gasteiger partial charge in [-0.1, -0.05) is 0 Å². The molecule has 1 aromatic heterocycles. The van der Waals surface area contributed by atoms with Crippen molar-refractivity contribution in [2.45, 2.75) is 0 Å². The standard InChI is InChI=1S/C11H3F6NO/c12-4-1-2-6(5(13)3-4)19-9-7(14)10(16)18-11(17)8(9)15/h1-3H. The molecule has 0 aliphatic rings. The minimum atomic E-state index is -1.95. The van der Waals surface area contributed by atoms with Crippen molar-refractivity contribution in [1.82, 2.24) is 4.98 Å². The third-order valence-corrected chi connectivity index (χ3v) is 2.06. The van der Waals surface area contributed by atoms with Gasteiger partial charge in [-0.25, -0.2) is 8.78 Å². The molecule has 2 aromatic rings. The molecular formula is C11H3F6NO. The highest BCUT2D eigenvalue weighted by Gasteiger charge is 2.23. The molecule has 0 bridgehead atoms. The molecule has 0 aliphatic heterocycles. The fourth-order valence-corrected chi connectivity index (χ4v) is 1.23. The van der Waals surface area contributed by atoms with Crippen molar-refractivity contribution in [1.29, 1.82) is 0 Å². The summed E-state index contributed by atoms with van der Waals surface area (Å²) in [5, 5.41) is 0. The lowest BCUT2D eigenvalue weighted by molar-refractivity contribution is 0.334. The normalized spacial score (nSPS) is 10.6. The van der Waals surface area contributed by atoms with Gasteiger partial charge >= 0.3 is 0 Å². The second-order valence-electron chi connectivity index (χ2n) is 3.33.